The van der Waals surface area contributed by atoms with Crippen molar-refractivity contribution in [1.29, 1.82) is 5.26 Å². The second-order valence-corrected chi connectivity index (χ2v) is 12.3. The van der Waals surface area contributed by atoms with Crippen LogP contribution >= 0.6 is 11.8 Å². The van der Waals surface area contributed by atoms with Gasteiger partial charge in [-0.15, -0.1) is 11.8 Å². The molecule has 0 radical (unpaired) electrons. The molecule has 40 heavy (non-hydrogen) atoms. The number of carbonyl (C=O) groups excluding carboxylic acids is 1. The van der Waals surface area contributed by atoms with E-state index < -0.39 is 22.9 Å². The number of esters is 1. The first-order valence-electron chi connectivity index (χ1n) is 13.2. The van der Waals surface area contributed by atoms with Crippen molar-refractivity contribution in [2.75, 3.05) is 0 Å². The van der Waals surface area contributed by atoms with E-state index in [0.29, 0.717) is 17.6 Å². The van der Waals surface area contributed by atoms with Crippen molar-refractivity contribution in [1.82, 2.24) is 14.0 Å². The van der Waals surface area contributed by atoms with Gasteiger partial charge in [0.15, 0.2) is 0 Å². The molecule has 0 unspecified atom stereocenters. The van der Waals surface area contributed by atoms with Gasteiger partial charge in [0.25, 0.3) is 0 Å². The zero-order valence-corrected chi connectivity index (χ0v) is 23.4. The number of benzene rings is 2. The SMILES string of the molecule is CC(C)(C)OC(=O)[C@H]1[C@H](Cn2c(=O)nc3ccccn3c2=O)CC[C@@H]1Sc1ccc(-c2ccc(C#N)cc2)cc1. The molecule has 1 saturated carbocycles. The lowest BCUT2D eigenvalue weighted by atomic mass is 9.95. The zero-order chi connectivity index (χ0) is 28.4. The number of hydrogen-bond donors (Lipinski definition) is 0. The summed E-state index contributed by atoms with van der Waals surface area (Å²) in [5.74, 6) is -1.06. The Morgan fingerprint density at radius 3 is 2.35 bits per heavy atom. The fraction of sp³-hybridized carbons (Fsp3) is 0.323. The number of pyridine rings is 1. The molecule has 5 rings (SSSR count). The molecule has 1 fully saturated rings. The zero-order valence-electron chi connectivity index (χ0n) is 22.6. The van der Waals surface area contributed by atoms with E-state index in [9.17, 15) is 14.4 Å². The summed E-state index contributed by atoms with van der Waals surface area (Å²) in [6, 6.07) is 22.7. The molecular formula is C31H30N4O4S. The average Bonchev–Trinajstić information content (AvgIpc) is 3.32. The highest BCUT2D eigenvalue weighted by molar-refractivity contribution is 8.00. The lowest BCUT2D eigenvalue weighted by molar-refractivity contribution is -0.161. The summed E-state index contributed by atoms with van der Waals surface area (Å²) in [6.45, 7) is 5.61. The van der Waals surface area contributed by atoms with Crippen LogP contribution in [0.25, 0.3) is 16.8 Å². The van der Waals surface area contributed by atoms with Gasteiger partial charge in [0.05, 0.1) is 17.6 Å². The minimum atomic E-state index is -0.664. The maximum Gasteiger partial charge on any atom is 0.353 e. The van der Waals surface area contributed by atoms with E-state index in [1.807, 2.05) is 57.2 Å². The molecule has 2 aromatic heterocycles. The number of ether oxygens (including phenoxy) is 1. The Bertz CT molecular complexity index is 1700. The Morgan fingerprint density at radius 2 is 1.70 bits per heavy atom. The topological polar surface area (TPSA) is 106 Å². The normalized spacial score (nSPS) is 18.9. The van der Waals surface area contributed by atoms with Crippen molar-refractivity contribution in [2.24, 2.45) is 11.8 Å². The smallest absolute Gasteiger partial charge is 0.353 e. The number of thioether (sulfide) groups is 1. The summed E-state index contributed by atoms with van der Waals surface area (Å²) >= 11 is 1.62. The summed E-state index contributed by atoms with van der Waals surface area (Å²) in [5, 5.41) is 8.97. The highest BCUT2D eigenvalue weighted by Gasteiger charge is 2.44. The predicted molar refractivity (Wildman–Crippen MR) is 154 cm³/mol. The molecular weight excluding hydrogens is 524 g/mol. The summed E-state index contributed by atoms with van der Waals surface area (Å²) in [5.41, 5.74) is 1.21. The number of fused-ring (bicyclic) bond motifs is 1. The van der Waals surface area contributed by atoms with Crippen LogP contribution < -0.4 is 11.4 Å². The highest BCUT2D eigenvalue weighted by atomic mass is 32.2. The van der Waals surface area contributed by atoms with E-state index in [1.165, 1.54) is 4.40 Å². The fourth-order valence-corrected chi connectivity index (χ4v) is 6.55. The van der Waals surface area contributed by atoms with E-state index in [-0.39, 0.29) is 23.7 Å². The number of carbonyl (C=O) groups is 1. The molecule has 0 bridgehead atoms. The first-order valence-corrected chi connectivity index (χ1v) is 14.1. The Labute approximate surface area is 236 Å². The van der Waals surface area contributed by atoms with Gasteiger partial charge in [-0.1, -0.05) is 30.3 Å². The number of nitrogens with zero attached hydrogens (tertiary/aromatic N) is 4. The molecule has 9 heteroatoms. The Hall–Kier alpha value is -4.16. The van der Waals surface area contributed by atoms with Gasteiger partial charge in [-0.25, -0.2) is 14.2 Å². The molecule has 0 spiro atoms. The highest BCUT2D eigenvalue weighted by Crippen LogP contribution is 2.44. The van der Waals surface area contributed by atoms with Crippen molar-refractivity contribution < 1.29 is 9.53 Å². The molecule has 4 aromatic rings. The van der Waals surface area contributed by atoms with Crippen molar-refractivity contribution in [2.45, 2.75) is 55.9 Å². The van der Waals surface area contributed by atoms with E-state index in [0.717, 1.165) is 27.0 Å². The van der Waals surface area contributed by atoms with Crippen LogP contribution in [0, 0.1) is 23.2 Å². The summed E-state index contributed by atoms with van der Waals surface area (Å²) in [6.07, 6.45) is 3.00. The fourth-order valence-electron chi connectivity index (χ4n) is 5.18. The van der Waals surface area contributed by atoms with Crippen LogP contribution in [0.2, 0.25) is 0 Å². The third kappa shape index (κ3) is 5.87. The van der Waals surface area contributed by atoms with E-state index in [2.05, 4.69) is 11.1 Å². The van der Waals surface area contributed by atoms with Crippen LogP contribution in [0.15, 0.2) is 87.4 Å². The number of aromatic nitrogens is 3. The second kappa shape index (κ2) is 11.1. The molecule has 1 aliphatic rings. The van der Waals surface area contributed by atoms with Crippen LogP contribution in [0.5, 0.6) is 0 Å². The Kier molecular flexibility index (Phi) is 7.63. The summed E-state index contributed by atoms with van der Waals surface area (Å²) in [4.78, 5) is 44.5. The maximum absolute atomic E-state index is 13.5. The van der Waals surface area contributed by atoms with Crippen LogP contribution in [0.3, 0.4) is 0 Å². The molecule has 3 atom stereocenters. The molecule has 204 valence electrons. The lowest BCUT2D eigenvalue weighted by Gasteiger charge is -2.28. The molecule has 2 heterocycles. The van der Waals surface area contributed by atoms with Gasteiger partial charge in [0.1, 0.15) is 11.2 Å². The minimum Gasteiger partial charge on any atom is -0.460 e. The van der Waals surface area contributed by atoms with E-state index in [1.54, 1.807) is 48.3 Å². The van der Waals surface area contributed by atoms with Gasteiger partial charge in [-0.3, -0.25) is 9.20 Å². The molecule has 0 N–H and O–H groups in total. The van der Waals surface area contributed by atoms with Crippen LogP contribution in [-0.4, -0.2) is 30.8 Å². The van der Waals surface area contributed by atoms with Gasteiger partial charge < -0.3 is 4.74 Å². The largest absolute Gasteiger partial charge is 0.460 e. The van der Waals surface area contributed by atoms with Gasteiger partial charge in [-0.2, -0.15) is 10.2 Å². The monoisotopic (exact) mass is 554 g/mol. The van der Waals surface area contributed by atoms with Crippen LogP contribution in [-0.2, 0) is 16.1 Å². The number of nitriles is 1. The molecule has 0 amide bonds. The third-order valence-corrected chi connectivity index (χ3v) is 8.41. The van der Waals surface area contributed by atoms with Gasteiger partial charge in [0.2, 0.25) is 0 Å². The Morgan fingerprint density at radius 1 is 1.02 bits per heavy atom. The van der Waals surface area contributed by atoms with Crippen LogP contribution in [0.1, 0.15) is 39.2 Å². The standard InChI is InChI=1S/C31H30N4O4S/c1-31(2,3)39-28(36)27-23(19-35-29(37)33-26-6-4-5-17-34(26)30(35)38)13-16-25(27)40-24-14-11-22(12-15-24)21-9-7-20(18-32)8-10-21/h4-12,14-15,17,23,25,27H,13,16,19H2,1-3H3/t23-,25-,27-/m0/s1. The van der Waals surface area contributed by atoms with Crippen molar-refractivity contribution in [3.05, 3.63) is 99.5 Å². The third-order valence-electron chi connectivity index (χ3n) is 7.03. The maximum atomic E-state index is 13.5. The quantitative estimate of drug-likeness (QED) is 0.311. The number of rotatable bonds is 6. The summed E-state index contributed by atoms with van der Waals surface area (Å²) < 4.78 is 8.30. The first kappa shape index (κ1) is 27.4. The van der Waals surface area contributed by atoms with Crippen LogP contribution in [0.4, 0.5) is 0 Å². The van der Waals surface area contributed by atoms with Gasteiger partial charge in [0, 0.05) is 22.9 Å². The minimum absolute atomic E-state index is 0.0764. The second-order valence-electron chi connectivity index (χ2n) is 11.0. The molecule has 0 saturated heterocycles. The summed E-state index contributed by atoms with van der Waals surface area (Å²) in [7, 11) is 0. The predicted octanol–water partition coefficient (Wildman–Crippen LogP) is 4.92. The number of hydrogen-bond acceptors (Lipinski definition) is 7. The lowest BCUT2D eigenvalue weighted by Crippen LogP contribution is -2.43. The van der Waals surface area contributed by atoms with Gasteiger partial charge >= 0.3 is 17.3 Å². The molecule has 0 aliphatic heterocycles. The van der Waals surface area contributed by atoms with Crippen molar-refractivity contribution >= 4 is 23.4 Å². The first-order chi connectivity index (χ1) is 19.1. The van der Waals surface area contributed by atoms with E-state index >= 15 is 0 Å². The van der Waals surface area contributed by atoms with Crippen molar-refractivity contribution in [3.63, 3.8) is 0 Å². The van der Waals surface area contributed by atoms with E-state index in [4.69, 9.17) is 10.00 Å². The Balaban J connectivity index is 1.40. The molecule has 8 nitrogen and oxygen atoms in total. The average molecular weight is 555 g/mol. The van der Waals surface area contributed by atoms with Gasteiger partial charge in [-0.05, 0) is 87.1 Å². The molecule has 1 aliphatic carbocycles. The van der Waals surface area contributed by atoms with Crippen molar-refractivity contribution in [3.8, 4) is 17.2 Å². The molecule has 2 aromatic carbocycles.